The Morgan fingerprint density at radius 1 is 1.40 bits per heavy atom. The van der Waals surface area contributed by atoms with Crippen molar-refractivity contribution in [3.05, 3.63) is 37.0 Å². The van der Waals surface area contributed by atoms with Gasteiger partial charge in [0.05, 0.1) is 0 Å². The number of allylic oxidation sites excluding steroid dienone is 5. The van der Waals surface area contributed by atoms with Gasteiger partial charge in [-0.3, -0.25) is 0 Å². The summed E-state index contributed by atoms with van der Waals surface area (Å²) >= 11 is 0. The molecule has 0 atom stereocenters. The molecule has 0 heteroatoms. The summed E-state index contributed by atoms with van der Waals surface area (Å²) in [4.78, 5) is 0. The highest BCUT2D eigenvalue weighted by Crippen LogP contribution is 1.93. The van der Waals surface area contributed by atoms with Gasteiger partial charge in [0, 0.05) is 0 Å². The van der Waals surface area contributed by atoms with Crippen LogP contribution < -0.4 is 0 Å². The van der Waals surface area contributed by atoms with Gasteiger partial charge in [-0.1, -0.05) is 44.2 Å². The molecule has 0 aliphatic rings. The molecule has 0 aromatic carbocycles. The molecule has 10 heavy (non-hydrogen) atoms. The smallest absolute Gasteiger partial charge is 0.0276 e. The summed E-state index contributed by atoms with van der Waals surface area (Å²) < 4.78 is 0. The largest absolute Gasteiger partial charge is 0.0991 e. The molecule has 0 fully saturated rings. The van der Waals surface area contributed by atoms with Crippen LogP contribution in [0.1, 0.15) is 26.2 Å². The number of rotatable bonds is 5. The van der Waals surface area contributed by atoms with E-state index < -0.39 is 0 Å². The maximum absolute atomic E-state index is 3.56. The Bertz CT molecular complexity index is 118. The molecule has 0 bridgehead atoms. The van der Waals surface area contributed by atoms with Crippen molar-refractivity contribution < 1.29 is 0 Å². The molecule has 1 radical (unpaired) electrons. The predicted molar refractivity (Wildman–Crippen MR) is 46.7 cm³/mol. The van der Waals surface area contributed by atoms with E-state index in [-0.39, 0.29) is 0 Å². The third-order valence-corrected chi connectivity index (χ3v) is 1.14. The van der Waals surface area contributed by atoms with E-state index in [4.69, 9.17) is 0 Å². The molecule has 55 valence electrons. The summed E-state index contributed by atoms with van der Waals surface area (Å²) in [5.41, 5.74) is 0. The first-order valence-corrected chi connectivity index (χ1v) is 3.76. The van der Waals surface area contributed by atoms with Gasteiger partial charge in [-0.25, -0.2) is 0 Å². The van der Waals surface area contributed by atoms with Crippen molar-refractivity contribution in [2.45, 2.75) is 26.2 Å². The summed E-state index contributed by atoms with van der Waals surface area (Å²) in [5.74, 6) is 0. The Labute approximate surface area is 64.0 Å². The Kier molecular flexibility index (Phi) is 7.58. The molecule has 0 unspecified atom stereocenters. The van der Waals surface area contributed by atoms with Gasteiger partial charge < -0.3 is 0 Å². The minimum absolute atomic E-state index is 1.07. The van der Waals surface area contributed by atoms with Gasteiger partial charge in [-0.15, -0.1) is 0 Å². The third-order valence-electron chi connectivity index (χ3n) is 1.14. The van der Waals surface area contributed by atoms with Crippen molar-refractivity contribution in [3.63, 3.8) is 0 Å². The van der Waals surface area contributed by atoms with Gasteiger partial charge in [0.15, 0.2) is 0 Å². The van der Waals surface area contributed by atoms with Crippen LogP contribution in [0.4, 0.5) is 0 Å². The van der Waals surface area contributed by atoms with Crippen LogP contribution in [0, 0.1) is 6.08 Å². The highest BCUT2D eigenvalue weighted by atomic mass is 13.8. The molecule has 0 nitrogen and oxygen atoms in total. The van der Waals surface area contributed by atoms with Crippen molar-refractivity contribution in [2.24, 2.45) is 0 Å². The molecular weight excluding hydrogens is 120 g/mol. The van der Waals surface area contributed by atoms with E-state index in [9.17, 15) is 0 Å². The van der Waals surface area contributed by atoms with Crippen molar-refractivity contribution in [2.75, 3.05) is 0 Å². The minimum atomic E-state index is 1.07. The quantitative estimate of drug-likeness (QED) is 0.401. The molecule has 0 aromatic rings. The Hall–Kier alpha value is -0.780. The van der Waals surface area contributed by atoms with Gasteiger partial charge in [-0.05, 0) is 18.9 Å². The number of unbranched alkanes of at least 4 members (excludes halogenated alkanes) is 2. The highest BCUT2D eigenvalue weighted by Gasteiger charge is 1.75. The van der Waals surface area contributed by atoms with Crippen LogP contribution in [0.15, 0.2) is 30.9 Å². The Morgan fingerprint density at radius 3 is 2.80 bits per heavy atom. The number of hydrogen-bond donors (Lipinski definition) is 0. The van der Waals surface area contributed by atoms with E-state index in [0.29, 0.717) is 0 Å². The number of hydrogen-bond acceptors (Lipinski definition) is 0. The van der Waals surface area contributed by atoms with Crippen LogP contribution in [-0.2, 0) is 0 Å². The van der Waals surface area contributed by atoms with E-state index in [1.807, 2.05) is 18.2 Å². The lowest BCUT2D eigenvalue weighted by Crippen LogP contribution is -1.65. The average molecular weight is 135 g/mol. The van der Waals surface area contributed by atoms with Crippen molar-refractivity contribution in [1.29, 1.82) is 0 Å². The molecule has 0 saturated heterocycles. The third kappa shape index (κ3) is 7.22. The fourth-order valence-electron chi connectivity index (χ4n) is 0.564. The van der Waals surface area contributed by atoms with Crippen molar-refractivity contribution >= 4 is 0 Å². The van der Waals surface area contributed by atoms with Gasteiger partial charge in [0.2, 0.25) is 0 Å². The minimum Gasteiger partial charge on any atom is -0.0991 e. The zero-order valence-electron chi connectivity index (χ0n) is 6.64. The highest BCUT2D eigenvalue weighted by molar-refractivity contribution is 5.06. The maximum Gasteiger partial charge on any atom is -0.0276 e. The fraction of sp³-hybridized carbons (Fsp3) is 0.400. The molecule has 0 heterocycles. The molecular formula is C10H15. The second-order valence-corrected chi connectivity index (χ2v) is 2.09. The van der Waals surface area contributed by atoms with E-state index in [0.717, 1.165) is 6.42 Å². The predicted octanol–water partition coefficient (Wildman–Crippen LogP) is 3.28. The first kappa shape index (κ1) is 9.22. The fourth-order valence-corrected chi connectivity index (χ4v) is 0.564. The molecule has 0 amide bonds. The van der Waals surface area contributed by atoms with Crippen LogP contribution in [-0.4, -0.2) is 0 Å². The molecule has 0 saturated carbocycles. The SMILES string of the molecule is C=C/C=C/C=[C]/CCCC. The second-order valence-electron chi connectivity index (χ2n) is 2.09. The van der Waals surface area contributed by atoms with Crippen LogP contribution in [0.25, 0.3) is 0 Å². The van der Waals surface area contributed by atoms with Crippen molar-refractivity contribution in [3.8, 4) is 0 Å². The summed E-state index contributed by atoms with van der Waals surface area (Å²) in [6.45, 7) is 5.74. The zero-order chi connectivity index (χ0) is 7.66. The molecule has 0 N–H and O–H groups in total. The summed E-state index contributed by atoms with van der Waals surface area (Å²) in [6, 6.07) is 0. The van der Waals surface area contributed by atoms with Gasteiger partial charge in [-0.2, -0.15) is 0 Å². The van der Waals surface area contributed by atoms with E-state index in [1.54, 1.807) is 6.08 Å². The Morgan fingerprint density at radius 2 is 2.20 bits per heavy atom. The normalized spacial score (nSPS) is 11.3. The van der Waals surface area contributed by atoms with Gasteiger partial charge in [0.25, 0.3) is 0 Å². The van der Waals surface area contributed by atoms with E-state index in [1.165, 1.54) is 12.8 Å². The standard InChI is InChI=1S/C10H15/c1-3-5-7-9-10-8-6-4-2/h3,5,7,9H,1,4,6,8H2,2H3/b7-5+,10-9?. The van der Waals surface area contributed by atoms with E-state index >= 15 is 0 Å². The van der Waals surface area contributed by atoms with Gasteiger partial charge >= 0.3 is 0 Å². The second kappa shape index (κ2) is 8.22. The molecule has 0 aromatic heterocycles. The van der Waals surface area contributed by atoms with Crippen LogP contribution in [0.3, 0.4) is 0 Å². The summed E-state index contributed by atoms with van der Waals surface area (Å²) in [7, 11) is 0. The maximum atomic E-state index is 3.56. The first-order chi connectivity index (χ1) is 4.91. The molecule has 0 rings (SSSR count). The lowest BCUT2D eigenvalue weighted by Gasteiger charge is -1.83. The zero-order valence-corrected chi connectivity index (χ0v) is 6.64. The lowest BCUT2D eigenvalue weighted by molar-refractivity contribution is 0.804. The molecule has 0 spiro atoms. The average Bonchev–Trinajstić information content (AvgIpc) is 1.97. The topological polar surface area (TPSA) is 0 Å². The van der Waals surface area contributed by atoms with E-state index in [2.05, 4.69) is 19.6 Å². The van der Waals surface area contributed by atoms with Crippen molar-refractivity contribution in [1.82, 2.24) is 0 Å². The van der Waals surface area contributed by atoms with Crippen LogP contribution in [0.2, 0.25) is 0 Å². The summed E-state index contributed by atoms with van der Waals surface area (Å²) in [5, 5.41) is 0. The molecule has 0 aliphatic carbocycles. The molecule has 0 aliphatic heterocycles. The van der Waals surface area contributed by atoms with Crippen LogP contribution >= 0.6 is 0 Å². The Balaban J connectivity index is 3.19. The first-order valence-electron chi connectivity index (χ1n) is 3.76. The lowest BCUT2D eigenvalue weighted by atomic mass is 10.2. The summed E-state index contributed by atoms with van der Waals surface area (Å²) in [6.07, 6.45) is 14.3. The van der Waals surface area contributed by atoms with Crippen LogP contribution in [0.5, 0.6) is 0 Å². The van der Waals surface area contributed by atoms with Gasteiger partial charge in [0.1, 0.15) is 0 Å². The monoisotopic (exact) mass is 135 g/mol.